The van der Waals surface area contributed by atoms with Gasteiger partial charge < -0.3 is 0 Å². The zero-order valence-electron chi connectivity index (χ0n) is 10.2. The first-order valence-corrected chi connectivity index (χ1v) is 7.42. The van der Waals surface area contributed by atoms with Crippen LogP contribution in [0.1, 0.15) is 44.1 Å². The summed E-state index contributed by atoms with van der Waals surface area (Å²) in [5.74, 6) is 3.10. The van der Waals surface area contributed by atoms with E-state index in [1.54, 1.807) is 5.56 Å². The van der Waals surface area contributed by atoms with Crippen molar-refractivity contribution in [3.8, 4) is 0 Å². The lowest BCUT2D eigenvalue weighted by molar-refractivity contribution is -0.00520. The molecule has 0 heterocycles. The van der Waals surface area contributed by atoms with Crippen LogP contribution in [0.5, 0.6) is 0 Å². The quantitative estimate of drug-likeness (QED) is 0.670. The van der Waals surface area contributed by atoms with Crippen molar-refractivity contribution in [2.45, 2.75) is 48.8 Å². The summed E-state index contributed by atoms with van der Waals surface area (Å²) in [5.41, 5.74) is 2.13. The molecule has 17 heavy (non-hydrogen) atoms. The first kappa shape index (κ1) is 10.4. The van der Waals surface area contributed by atoms with Gasteiger partial charge in [0.25, 0.3) is 0 Å². The summed E-state index contributed by atoms with van der Waals surface area (Å²) >= 11 is 5.21. The maximum absolute atomic E-state index is 5.21. The van der Waals surface area contributed by atoms with E-state index >= 15 is 0 Å². The Balaban J connectivity index is 1.74. The largest absolute Gasteiger partial charge is 0.0801 e. The molecule has 0 spiro atoms. The zero-order valence-corrected chi connectivity index (χ0v) is 11.0. The molecule has 4 saturated carbocycles. The maximum Gasteiger partial charge on any atom is 0.0377 e. The molecule has 0 aromatic heterocycles. The van der Waals surface area contributed by atoms with Gasteiger partial charge in [-0.2, -0.15) is 0 Å². The van der Waals surface area contributed by atoms with Crippen molar-refractivity contribution in [2.24, 2.45) is 17.8 Å². The Morgan fingerprint density at radius 3 is 1.76 bits per heavy atom. The molecule has 1 heteroatoms. The monoisotopic (exact) mass is 243 g/mol. The van der Waals surface area contributed by atoms with Gasteiger partial charge in [-0.3, -0.25) is 0 Å². The lowest BCUT2D eigenvalue weighted by Crippen LogP contribution is -2.48. The predicted molar refractivity (Wildman–Crippen MR) is 72.1 cm³/mol. The molecule has 0 saturated heterocycles. The Morgan fingerprint density at radius 2 is 1.29 bits per heavy atom. The van der Waals surface area contributed by atoms with Crippen molar-refractivity contribution >= 4 is 12.6 Å². The fourth-order valence-corrected chi connectivity index (χ4v) is 5.41. The van der Waals surface area contributed by atoms with Gasteiger partial charge in [-0.25, -0.2) is 0 Å². The molecule has 1 aromatic carbocycles. The van der Waals surface area contributed by atoms with Crippen LogP contribution in [-0.4, -0.2) is 0 Å². The molecule has 0 unspecified atom stereocenters. The van der Waals surface area contributed by atoms with E-state index in [1.807, 2.05) is 0 Å². The molecule has 89 valence electrons. The van der Waals surface area contributed by atoms with Gasteiger partial charge >= 0.3 is 0 Å². The summed E-state index contributed by atoms with van der Waals surface area (Å²) in [5, 5.41) is 0. The Kier molecular flexibility index (Phi) is 2.12. The molecule has 4 aliphatic carbocycles. The van der Waals surface area contributed by atoms with Gasteiger partial charge in [-0.05, 0) is 79.4 Å². The molecule has 0 amide bonds. The van der Waals surface area contributed by atoms with Crippen molar-refractivity contribution in [1.82, 2.24) is 0 Å². The highest BCUT2D eigenvalue weighted by Crippen LogP contribution is 2.60. The van der Waals surface area contributed by atoms with Crippen LogP contribution in [-0.2, 0) is 5.41 Å². The fourth-order valence-electron chi connectivity index (χ4n) is 5.27. The van der Waals surface area contributed by atoms with E-state index in [9.17, 15) is 0 Å². The van der Waals surface area contributed by atoms with Crippen LogP contribution in [0, 0.1) is 17.8 Å². The molecule has 1 radical (unpaired) electrons. The summed E-state index contributed by atoms with van der Waals surface area (Å²) in [6.45, 7) is 0. The third-order valence-corrected chi connectivity index (χ3v) is 5.78. The van der Waals surface area contributed by atoms with Crippen LogP contribution in [0.25, 0.3) is 0 Å². The van der Waals surface area contributed by atoms with Gasteiger partial charge in [-0.15, -0.1) is 0 Å². The van der Waals surface area contributed by atoms with Crippen molar-refractivity contribution in [3.05, 3.63) is 29.8 Å². The highest BCUT2D eigenvalue weighted by atomic mass is 32.1. The second kappa shape index (κ2) is 3.47. The first-order chi connectivity index (χ1) is 8.23. The third-order valence-electron chi connectivity index (χ3n) is 5.50. The topological polar surface area (TPSA) is 0 Å². The second-order valence-corrected chi connectivity index (χ2v) is 7.19. The van der Waals surface area contributed by atoms with Crippen molar-refractivity contribution < 1.29 is 0 Å². The van der Waals surface area contributed by atoms with Crippen LogP contribution in [0.2, 0.25) is 0 Å². The van der Waals surface area contributed by atoms with Gasteiger partial charge in [0.15, 0.2) is 0 Å². The average molecular weight is 243 g/mol. The van der Waals surface area contributed by atoms with E-state index in [-0.39, 0.29) is 0 Å². The Bertz CT molecular complexity index is 396. The summed E-state index contributed by atoms with van der Waals surface area (Å²) in [6, 6.07) is 8.89. The smallest absolute Gasteiger partial charge is 0.0377 e. The summed E-state index contributed by atoms with van der Waals surface area (Å²) < 4.78 is 0. The van der Waals surface area contributed by atoms with E-state index in [4.69, 9.17) is 12.6 Å². The van der Waals surface area contributed by atoms with E-state index in [2.05, 4.69) is 24.3 Å². The Morgan fingerprint density at radius 1 is 0.824 bits per heavy atom. The first-order valence-electron chi connectivity index (χ1n) is 7.01. The highest BCUT2D eigenvalue weighted by Gasteiger charge is 2.51. The molecule has 0 aliphatic heterocycles. The standard InChI is InChI=1S/C16H19S/c17-15-3-1-14(2-4-15)16-8-11-5-12(9-16)7-13(6-11)10-16/h1-4,11-13H,5-10H2. The Labute approximate surface area is 109 Å². The molecule has 0 atom stereocenters. The molecule has 1 aromatic rings. The average Bonchev–Trinajstić information content (AvgIpc) is 2.27. The van der Waals surface area contributed by atoms with Gasteiger partial charge in [0.1, 0.15) is 0 Å². The van der Waals surface area contributed by atoms with Crippen molar-refractivity contribution in [3.63, 3.8) is 0 Å². The fraction of sp³-hybridized carbons (Fsp3) is 0.625. The normalized spacial score (nSPS) is 42.9. The van der Waals surface area contributed by atoms with Gasteiger partial charge in [-0.1, -0.05) is 24.8 Å². The molecular formula is C16H19S. The molecule has 0 N–H and O–H groups in total. The van der Waals surface area contributed by atoms with Gasteiger partial charge in [0.05, 0.1) is 0 Å². The lowest BCUT2D eigenvalue weighted by Gasteiger charge is -2.57. The minimum atomic E-state index is 0.539. The van der Waals surface area contributed by atoms with E-state index in [1.165, 1.54) is 38.5 Å². The lowest BCUT2D eigenvalue weighted by atomic mass is 9.48. The molecule has 5 rings (SSSR count). The number of rotatable bonds is 1. The predicted octanol–water partition coefficient (Wildman–Crippen LogP) is 4.71. The van der Waals surface area contributed by atoms with Crippen LogP contribution < -0.4 is 0 Å². The second-order valence-electron chi connectivity index (χ2n) is 6.72. The molecular weight excluding hydrogens is 224 g/mol. The van der Waals surface area contributed by atoms with Crippen LogP contribution in [0.15, 0.2) is 29.2 Å². The van der Waals surface area contributed by atoms with Crippen LogP contribution in [0.3, 0.4) is 0 Å². The molecule has 4 bridgehead atoms. The molecule has 4 fully saturated rings. The van der Waals surface area contributed by atoms with Crippen molar-refractivity contribution in [1.29, 1.82) is 0 Å². The van der Waals surface area contributed by atoms with E-state index in [0.717, 1.165) is 22.6 Å². The van der Waals surface area contributed by atoms with E-state index in [0.29, 0.717) is 5.41 Å². The summed E-state index contributed by atoms with van der Waals surface area (Å²) in [7, 11) is 0. The zero-order chi connectivity index (χ0) is 11.5. The van der Waals surface area contributed by atoms with Crippen molar-refractivity contribution in [2.75, 3.05) is 0 Å². The number of hydrogen-bond acceptors (Lipinski definition) is 0. The summed E-state index contributed by atoms with van der Waals surface area (Å²) in [6.07, 6.45) is 8.94. The van der Waals surface area contributed by atoms with Gasteiger partial charge in [0.2, 0.25) is 0 Å². The summed E-state index contributed by atoms with van der Waals surface area (Å²) in [4.78, 5) is 0.985. The highest BCUT2D eigenvalue weighted by molar-refractivity contribution is 7.80. The molecule has 0 nitrogen and oxygen atoms in total. The van der Waals surface area contributed by atoms with Crippen LogP contribution in [0.4, 0.5) is 0 Å². The SMILES string of the molecule is [S]c1ccc(C23CC4CC(CC(C4)C2)C3)cc1. The maximum atomic E-state index is 5.21. The van der Waals surface area contributed by atoms with Crippen LogP contribution >= 0.6 is 12.6 Å². The minimum absolute atomic E-state index is 0.539. The number of hydrogen-bond donors (Lipinski definition) is 0. The van der Waals surface area contributed by atoms with E-state index < -0.39 is 0 Å². The minimum Gasteiger partial charge on any atom is -0.0801 e. The van der Waals surface area contributed by atoms with Gasteiger partial charge in [0, 0.05) is 4.90 Å². The molecule has 4 aliphatic rings. The Hall–Kier alpha value is -0.560. The third kappa shape index (κ3) is 1.55. The number of benzene rings is 1.